The van der Waals surface area contributed by atoms with Crippen LogP contribution in [-0.2, 0) is 0 Å². The average Bonchev–Trinajstić information content (AvgIpc) is 2.64. The van der Waals surface area contributed by atoms with Crippen molar-refractivity contribution in [1.29, 1.82) is 0 Å². The van der Waals surface area contributed by atoms with Gasteiger partial charge < -0.3 is 24.2 Å². The minimum absolute atomic E-state index is 0.00564. The molecule has 0 aliphatic heterocycles. The number of ketones is 1. The van der Waals surface area contributed by atoms with Crippen molar-refractivity contribution < 1.29 is 34.3 Å². The molecule has 0 spiro atoms. The van der Waals surface area contributed by atoms with E-state index in [-0.39, 0.29) is 22.8 Å². The van der Waals surface area contributed by atoms with Crippen LogP contribution in [0.25, 0.3) is 6.08 Å². The van der Waals surface area contributed by atoms with Gasteiger partial charge in [0.15, 0.2) is 11.5 Å². The molecule has 132 valence electrons. The maximum Gasteiger partial charge on any atom is 0.214 e. The van der Waals surface area contributed by atoms with E-state index in [9.17, 15) is 9.90 Å². The predicted octanol–water partition coefficient (Wildman–Crippen LogP) is 3.17. The monoisotopic (exact) mass is 346 g/mol. The zero-order valence-electron chi connectivity index (χ0n) is 14.0. The summed E-state index contributed by atoms with van der Waals surface area (Å²) in [5, 5.41) is 19.1. The largest absolute Gasteiger partial charge is 0.507 e. The maximum atomic E-state index is 12.5. The molecule has 2 aromatic carbocycles. The molecule has 0 radical (unpaired) electrons. The summed E-state index contributed by atoms with van der Waals surface area (Å²) in [5.41, 5.74) is 0.413. The fourth-order valence-corrected chi connectivity index (χ4v) is 2.27. The van der Waals surface area contributed by atoms with E-state index in [1.54, 1.807) is 18.2 Å². The molecule has 0 atom stereocenters. The molecule has 2 N–H and O–H groups in total. The Hall–Kier alpha value is -3.19. The molecule has 7 heteroatoms. The van der Waals surface area contributed by atoms with Gasteiger partial charge in [-0.15, -0.1) is 0 Å². The number of aromatic hydroxyl groups is 1. The topological polar surface area (TPSA) is 94.5 Å². The number of methoxy groups -OCH3 is 3. The van der Waals surface area contributed by atoms with Crippen LogP contribution in [0.5, 0.6) is 28.7 Å². The molecule has 0 aliphatic rings. The van der Waals surface area contributed by atoms with Crippen molar-refractivity contribution in [3.63, 3.8) is 0 Å². The summed E-state index contributed by atoms with van der Waals surface area (Å²) < 4.78 is 15.2. The summed E-state index contributed by atoms with van der Waals surface area (Å²) >= 11 is 0. The first-order valence-electron chi connectivity index (χ1n) is 7.21. The zero-order valence-corrected chi connectivity index (χ0v) is 14.0. The van der Waals surface area contributed by atoms with Crippen LogP contribution in [0.3, 0.4) is 0 Å². The first-order chi connectivity index (χ1) is 12.0. The van der Waals surface area contributed by atoms with Gasteiger partial charge in [-0.1, -0.05) is 12.1 Å². The lowest BCUT2D eigenvalue weighted by atomic mass is 10.1. The van der Waals surface area contributed by atoms with Gasteiger partial charge in [-0.3, -0.25) is 4.79 Å². The second-order valence-electron chi connectivity index (χ2n) is 4.89. The van der Waals surface area contributed by atoms with Crippen molar-refractivity contribution >= 4 is 11.9 Å². The second-order valence-corrected chi connectivity index (χ2v) is 4.89. The summed E-state index contributed by atoms with van der Waals surface area (Å²) in [5.74, 6) is 0.148. The van der Waals surface area contributed by atoms with Crippen molar-refractivity contribution in [2.45, 2.75) is 0 Å². The van der Waals surface area contributed by atoms with Crippen molar-refractivity contribution in [2.24, 2.45) is 0 Å². The number of hydrogen-bond donors (Lipinski definition) is 2. The van der Waals surface area contributed by atoms with E-state index >= 15 is 0 Å². The molecule has 0 fully saturated rings. The van der Waals surface area contributed by atoms with Gasteiger partial charge in [-0.05, 0) is 18.2 Å². The van der Waals surface area contributed by atoms with E-state index in [4.69, 9.17) is 19.5 Å². The standard InChI is InChI=1S/C18H18O7/c1-22-12-9-14(20)17(16(10-12)24-3)13(19)8-7-11-5-4-6-15(23-2)18(11)25-21/h4-10,20-21H,1-3H3/b8-7+. The Morgan fingerprint density at radius 3 is 2.36 bits per heavy atom. The maximum absolute atomic E-state index is 12.5. The highest BCUT2D eigenvalue weighted by Gasteiger charge is 2.18. The van der Waals surface area contributed by atoms with Crippen molar-refractivity contribution in [3.05, 3.63) is 47.5 Å². The van der Waals surface area contributed by atoms with E-state index in [0.29, 0.717) is 17.1 Å². The number of carbonyl (C=O) groups is 1. The van der Waals surface area contributed by atoms with Crippen LogP contribution in [-0.4, -0.2) is 37.5 Å². The Bertz CT molecular complexity index is 796. The number of benzene rings is 2. The minimum Gasteiger partial charge on any atom is -0.507 e. The van der Waals surface area contributed by atoms with Gasteiger partial charge >= 0.3 is 0 Å². The van der Waals surface area contributed by atoms with Crippen LogP contribution in [0.15, 0.2) is 36.4 Å². The van der Waals surface area contributed by atoms with E-state index in [1.807, 2.05) is 0 Å². The first-order valence-corrected chi connectivity index (χ1v) is 7.21. The van der Waals surface area contributed by atoms with Gasteiger partial charge in [-0.25, -0.2) is 5.26 Å². The Labute approximate surface area is 144 Å². The smallest absolute Gasteiger partial charge is 0.214 e. The van der Waals surface area contributed by atoms with Gasteiger partial charge in [0, 0.05) is 17.7 Å². The zero-order chi connectivity index (χ0) is 18.4. The van der Waals surface area contributed by atoms with Crippen LogP contribution in [0.4, 0.5) is 0 Å². The summed E-state index contributed by atoms with van der Waals surface area (Å²) in [7, 11) is 4.25. The van der Waals surface area contributed by atoms with Crippen molar-refractivity contribution in [2.75, 3.05) is 21.3 Å². The van der Waals surface area contributed by atoms with Crippen LogP contribution >= 0.6 is 0 Å². The molecule has 7 nitrogen and oxygen atoms in total. The normalized spacial score (nSPS) is 10.6. The van der Waals surface area contributed by atoms with E-state index in [0.717, 1.165) is 0 Å². The number of hydrogen-bond acceptors (Lipinski definition) is 7. The third-order valence-corrected chi connectivity index (χ3v) is 3.49. The number of rotatable bonds is 7. The third kappa shape index (κ3) is 3.84. The number of carbonyl (C=O) groups excluding carboxylic acids is 1. The lowest BCUT2D eigenvalue weighted by molar-refractivity contribution is -0.139. The molecule has 25 heavy (non-hydrogen) atoms. The highest BCUT2D eigenvalue weighted by Crippen LogP contribution is 2.35. The molecule has 0 aromatic heterocycles. The number of phenols is 1. The highest BCUT2D eigenvalue weighted by molar-refractivity contribution is 6.10. The van der Waals surface area contributed by atoms with E-state index in [2.05, 4.69) is 4.89 Å². The Kier molecular flexibility index (Phi) is 5.86. The molecule has 0 aliphatic carbocycles. The average molecular weight is 346 g/mol. The lowest BCUT2D eigenvalue weighted by Gasteiger charge is -2.10. The number of phenolic OH excluding ortho intramolecular Hbond substituents is 1. The summed E-state index contributed by atoms with van der Waals surface area (Å²) in [6.07, 6.45) is 2.65. The van der Waals surface area contributed by atoms with Gasteiger partial charge in [-0.2, -0.15) is 0 Å². The highest BCUT2D eigenvalue weighted by atomic mass is 17.1. The van der Waals surface area contributed by atoms with E-state index < -0.39 is 5.78 Å². The molecule has 2 rings (SSSR count). The minimum atomic E-state index is -0.497. The molecule has 0 saturated heterocycles. The fraction of sp³-hybridized carbons (Fsp3) is 0.167. The van der Waals surface area contributed by atoms with Gasteiger partial charge in [0.25, 0.3) is 0 Å². The quantitative estimate of drug-likeness (QED) is 0.344. The van der Waals surface area contributed by atoms with Crippen molar-refractivity contribution in [1.82, 2.24) is 0 Å². The molecule has 0 saturated carbocycles. The molecular formula is C18H18O7. The Morgan fingerprint density at radius 2 is 1.76 bits per heavy atom. The molecule has 2 aromatic rings. The molecular weight excluding hydrogens is 328 g/mol. The fourth-order valence-electron chi connectivity index (χ4n) is 2.27. The van der Waals surface area contributed by atoms with Gasteiger partial charge in [0.05, 0.1) is 21.3 Å². The van der Waals surface area contributed by atoms with E-state index in [1.165, 1.54) is 45.6 Å². The lowest BCUT2D eigenvalue weighted by Crippen LogP contribution is -2.01. The summed E-state index contributed by atoms with van der Waals surface area (Å²) in [6, 6.07) is 7.72. The Balaban J connectivity index is 2.39. The van der Waals surface area contributed by atoms with Crippen LogP contribution in [0.1, 0.15) is 15.9 Å². The number of para-hydroxylation sites is 1. The van der Waals surface area contributed by atoms with Gasteiger partial charge in [0.1, 0.15) is 22.8 Å². The van der Waals surface area contributed by atoms with Crippen LogP contribution in [0.2, 0.25) is 0 Å². The predicted molar refractivity (Wildman–Crippen MR) is 90.8 cm³/mol. The van der Waals surface area contributed by atoms with Crippen LogP contribution in [0, 0.1) is 0 Å². The summed E-state index contributed by atoms with van der Waals surface area (Å²) in [6.45, 7) is 0. The summed E-state index contributed by atoms with van der Waals surface area (Å²) in [4.78, 5) is 16.8. The van der Waals surface area contributed by atoms with Gasteiger partial charge in [0.2, 0.25) is 5.75 Å². The molecule has 0 bridgehead atoms. The number of allylic oxidation sites excluding steroid dienone is 1. The molecule has 0 amide bonds. The molecule has 0 unspecified atom stereocenters. The van der Waals surface area contributed by atoms with Crippen LogP contribution < -0.4 is 19.1 Å². The SMILES string of the molecule is COc1cc(O)c(C(=O)/C=C/c2cccc(OC)c2OO)c(OC)c1. The Morgan fingerprint density at radius 1 is 1.04 bits per heavy atom. The molecule has 0 heterocycles. The van der Waals surface area contributed by atoms with Crippen molar-refractivity contribution in [3.8, 4) is 28.7 Å². The first kappa shape index (κ1) is 18.2. The third-order valence-electron chi connectivity index (χ3n) is 3.49. The number of ether oxygens (including phenoxy) is 3. The second kappa shape index (κ2) is 8.07.